The molecule has 2 amide bonds. The van der Waals surface area contributed by atoms with E-state index in [1.807, 2.05) is 13.0 Å². The minimum atomic E-state index is -0.533. The zero-order valence-electron chi connectivity index (χ0n) is 18.4. The highest BCUT2D eigenvalue weighted by Crippen LogP contribution is 2.27. The second-order valence-corrected chi connectivity index (χ2v) is 7.11. The average Bonchev–Trinajstić information content (AvgIpc) is 3.45. The minimum absolute atomic E-state index is 0.305. The van der Waals surface area contributed by atoms with Gasteiger partial charge in [0.2, 0.25) is 0 Å². The first kappa shape index (κ1) is 21.9. The zero-order valence-corrected chi connectivity index (χ0v) is 18.4. The number of hydrazine groups is 1. The van der Waals surface area contributed by atoms with Crippen molar-refractivity contribution in [1.82, 2.24) is 25.6 Å². The number of pyridine rings is 1. The Balaban J connectivity index is 1.48. The molecular weight excluding hydrogens is 426 g/mol. The number of nitrogens with zero attached hydrogens (tertiary/aromatic N) is 3. The standard InChI is InChI=1S/C23H23N5O5/c1-4-31-18-8-5-6-9-19(18)33-13-20(29)25-26-23(30)15-12-16(17-10-7-11-32-17)24-22-21(15)14(2)27-28(22)3/h5-12H,4,13H2,1-3H3,(H,25,29)(H,26,30). The highest BCUT2D eigenvalue weighted by molar-refractivity contribution is 6.07. The maximum absolute atomic E-state index is 13.0. The predicted octanol–water partition coefficient (Wildman–Crippen LogP) is 2.78. The van der Waals surface area contributed by atoms with Crippen LogP contribution in [0.1, 0.15) is 23.0 Å². The van der Waals surface area contributed by atoms with Crippen LogP contribution in [0.3, 0.4) is 0 Å². The number of hydrogen-bond donors (Lipinski definition) is 2. The van der Waals surface area contributed by atoms with Crippen LogP contribution in [0.2, 0.25) is 0 Å². The molecule has 0 fully saturated rings. The molecule has 0 unspecified atom stereocenters. The number of carbonyl (C=O) groups is 2. The van der Waals surface area contributed by atoms with Crippen LogP contribution < -0.4 is 20.3 Å². The van der Waals surface area contributed by atoms with Gasteiger partial charge in [0.25, 0.3) is 11.8 Å². The van der Waals surface area contributed by atoms with E-state index < -0.39 is 11.8 Å². The fraction of sp³-hybridized carbons (Fsp3) is 0.217. The van der Waals surface area contributed by atoms with Crippen LogP contribution in [-0.4, -0.2) is 39.8 Å². The largest absolute Gasteiger partial charge is 0.490 e. The second kappa shape index (κ2) is 9.43. The van der Waals surface area contributed by atoms with Gasteiger partial charge < -0.3 is 13.9 Å². The van der Waals surface area contributed by atoms with Gasteiger partial charge in [0.15, 0.2) is 29.5 Å². The van der Waals surface area contributed by atoms with Crippen LogP contribution in [0.15, 0.2) is 53.1 Å². The van der Waals surface area contributed by atoms with Crippen LogP contribution in [0, 0.1) is 6.92 Å². The smallest absolute Gasteiger partial charge is 0.276 e. The molecule has 2 N–H and O–H groups in total. The summed E-state index contributed by atoms with van der Waals surface area (Å²) in [6.07, 6.45) is 1.53. The Bertz CT molecular complexity index is 1300. The number of aromatic nitrogens is 3. The highest BCUT2D eigenvalue weighted by atomic mass is 16.5. The van der Waals surface area contributed by atoms with E-state index in [4.69, 9.17) is 13.9 Å². The number of nitrogens with one attached hydrogen (secondary N) is 2. The summed E-state index contributed by atoms with van der Waals surface area (Å²) in [5.41, 5.74) is 6.74. The molecule has 4 aromatic rings. The Hall–Kier alpha value is -4.34. The first-order valence-corrected chi connectivity index (χ1v) is 10.3. The van der Waals surface area contributed by atoms with Crippen molar-refractivity contribution in [2.45, 2.75) is 13.8 Å². The summed E-state index contributed by atoms with van der Waals surface area (Å²) in [4.78, 5) is 29.8. The predicted molar refractivity (Wildman–Crippen MR) is 120 cm³/mol. The minimum Gasteiger partial charge on any atom is -0.490 e. The molecule has 0 atom stereocenters. The average molecular weight is 449 g/mol. The summed E-state index contributed by atoms with van der Waals surface area (Å²) >= 11 is 0. The van der Waals surface area contributed by atoms with E-state index in [0.29, 0.717) is 51.9 Å². The van der Waals surface area contributed by atoms with Crippen molar-refractivity contribution in [2.75, 3.05) is 13.2 Å². The maximum Gasteiger partial charge on any atom is 0.276 e. The summed E-state index contributed by atoms with van der Waals surface area (Å²) in [5.74, 6) is 0.429. The fourth-order valence-electron chi connectivity index (χ4n) is 3.39. The zero-order chi connectivity index (χ0) is 23.4. The molecule has 0 saturated heterocycles. The molecule has 0 aliphatic carbocycles. The van der Waals surface area contributed by atoms with E-state index in [0.717, 1.165) is 0 Å². The van der Waals surface area contributed by atoms with E-state index in [-0.39, 0.29) is 6.61 Å². The van der Waals surface area contributed by atoms with E-state index in [1.54, 1.807) is 55.1 Å². The first-order valence-electron chi connectivity index (χ1n) is 10.3. The quantitative estimate of drug-likeness (QED) is 0.416. The molecule has 0 aliphatic rings. The molecule has 10 nitrogen and oxygen atoms in total. The van der Waals surface area contributed by atoms with Crippen LogP contribution in [-0.2, 0) is 11.8 Å². The van der Waals surface area contributed by atoms with Gasteiger partial charge in [-0.15, -0.1) is 0 Å². The van der Waals surface area contributed by atoms with Crippen LogP contribution in [0.5, 0.6) is 11.5 Å². The molecular formula is C23H23N5O5. The fourth-order valence-corrected chi connectivity index (χ4v) is 3.39. The first-order chi connectivity index (χ1) is 16.0. The Morgan fingerprint density at radius 3 is 2.55 bits per heavy atom. The number of para-hydroxylation sites is 2. The summed E-state index contributed by atoms with van der Waals surface area (Å²) in [6, 6.07) is 12.1. The van der Waals surface area contributed by atoms with E-state index >= 15 is 0 Å². The summed E-state index contributed by atoms with van der Waals surface area (Å²) < 4.78 is 18.0. The molecule has 0 radical (unpaired) electrons. The van der Waals surface area contributed by atoms with Gasteiger partial charge in [-0.2, -0.15) is 5.10 Å². The number of rotatable bonds is 7. The van der Waals surface area contributed by atoms with Crippen LogP contribution in [0.25, 0.3) is 22.5 Å². The lowest BCUT2D eigenvalue weighted by molar-refractivity contribution is -0.123. The molecule has 33 heavy (non-hydrogen) atoms. The van der Waals surface area contributed by atoms with E-state index in [2.05, 4.69) is 20.9 Å². The van der Waals surface area contributed by atoms with Gasteiger partial charge in [-0.05, 0) is 44.2 Å². The van der Waals surface area contributed by atoms with Gasteiger partial charge in [-0.25, -0.2) is 4.98 Å². The Morgan fingerprint density at radius 1 is 1.09 bits per heavy atom. The number of amides is 2. The lowest BCUT2D eigenvalue weighted by Gasteiger charge is -2.12. The summed E-state index contributed by atoms with van der Waals surface area (Å²) in [6.45, 7) is 3.81. The SMILES string of the molecule is CCOc1ccccc1OCC(=O)NNC(=O)c1cc(-c2ccco2)nc2c1c(C)nn2C. The number of fused-ring (bicyclic) bond motifs is 1. The van der Waals surface area contributed by atoms with Crippen molar-refractivity contribution in [3.63, 3.8) is 0 Å². The monoisotopic (exact) mass is 449 g/mol. The molecule has 0 saturated carbocycles. The molecule has 1 aromatic carbocycles. The number of ether oxygens (including phenoxy) is 2. The topological polar surface area (TPSA) is 121 Å². The normalized spacial score (nSPS) is 10.8. The maximum atomic E-state index is 13.0. The molecule has 4 rings (SSSR count). The Kier molecular flexibility index (Phi) is 6.25. The second-order valence-electron chi connectivity index (χ2n) is 7.11. The van der Waals surface area contributed by atoms with Crippen molar-refractivity contribution >= 4 is 22.8 Å². The van der Waals surface area contributed by atoms with Gasteiger partial charge in [0.05, 0.1) is 29.5 Å². The number of carbonyl (C=O) groups excluding carboxylic acids is 2. The summed E-state index contributed by atoms with van der Waals surface area (Å²) in [7, 11) is 1.75. The van der Waals surface area contributed by atoms with E-state index in [1.165, 1.54) is 6.26 Å². The van der Waals surface area contributed by atoms with Crippen molar-refractivity contribution in [2.24, 2.45) is 7.05 Å². The third-order valence-corrected chi connectivity index (χ3v) is 4.81. The van der Waals surface area contributed by atoms with Crippen molar-refractivity contribution in [1.29, 1.82) is 0 Å². The van der Waals surface area contributed by atoms with Gasteiger partial charge in [-0.3, -0.25) is 25.1 Å². The van der Waals surface area contributed by atoms with Crippen LogP contribution >= 0.6 is 0 Å². The third-order valence-electron chi connectivity index (χ3n) is 4.81. The Morgan fingerprint density at radius 2 is 1.85 bits per heavy atom. The molecule has 0 spiro atoms. The lowest BCUT2D eigenvalue weighted by Crippen LogP contribution is -2.44. The van der Waals surface area contributed by atoms with Gasteiger partial charge >= 0.3 is 0 Å². The number of furan rings is 1. The molecule has 0 bridgehead atoms. The third kappa shape index (κ3) is 4.64. The Labute approximate surface area is 189 Å². The number of benzene rings is 1. The number of hydrogen-bond acceptors (Lipinski definition) is 7. The van der Waals surface area contributed by atoms with Crippen molar-refractivity contribution in [3.8, 4) is 23.0 Å². The van der Waals surface area contributed by atoms with Gasteiger partial charge in [0, 0.05) is 7.05 Å². The highest BCUT2D eigenvalue weighted by Gasteiger charge is 2.20. The summed E-state index contributed by atoms with van der Waals surface area (Å²) in [5, 5.41) is 4.95. The molecule has 0 aliphatic heterocycles. The molecule has 170 valence electrons. The molecule has 3 aromatic heterocycles. The van der Waals surface area contributed by atoms with Crippen molar-refractivity contribution in [3.05, 3.63) is 60.0 Å². The van der Waals surface area contributed by atoms with Gasteiger partial charge in [0.1, 0.15) is 5.69 Å². The molecule has 10 heteroatoms. The van der Waals surface area contributed by atoms with E-state index in [9.17, 15) is 9.59 Å². The van der Waals surface area contributed by atoms with Crippen molar-refractivity contribution < 1.29 is 23.5 Å². The van der Waals surface area contributed by atoms with Crippen LogP contribution in [0.4, 0.5) is 0 Å². The lowest BCUT2D eigenvalue weighted by atomic mass is 10.1. The van der Waals surface area contributed by atoms with Gasteiger partial charge in [-0.1, -0.05) is 12.1 Å². The number of aryl methyl sites for hydroxylation is 2. The molecule has 3 heterocycles.